The van der Waals surface area contributed by atoms with E-state index in [1.807, 2.05) is 44.2 Å². The average molecular weight is 486 g/mol. The number of aryl methyl sites for hydroxylation is 1. The number of hydrogen-bond acceptors (Lipinski definition) is 5. The van der Waals surface area contributed by atoms with E-state index in [1.54, 1.807) is 11.7 Å². The van der Waals surface area contributed by atoms with Gasteiger partial charge in [0.1, 0.15) is 11.5 Å². The molecule has 0 radical (unpaired) electrons. The van der Waals surface area contributed by atoms with E-state index in [0.29, 0.717) is 24.9 Å². The maximum Gasteiger partial charge on any atom is 0.222 e. The number of hydrogen-bond donors (Lipinski definition) is 1. The lowest BCUT2D eigenvalue weighted by Gasteiger charge is -2.26. The SMILES string of the molecule is CC(C)OC[C@H](O)CN(Cc1c(-c2ccccc2)nn(C)c1Oc1ccc(F)cc1F)CC1CC1. The normalized spacial score (nSPS) is 14.6. The largest absolute Gasteiger partial charge is 0.436 e. The Morgan fingerprint density at radius 2 is 1.89 bits per heavy atom. The van der Waals surface area contributed by atoms with Gasteiger partial charge >= 0.3 is 0 Å². The van der Waals surface area contributed by atoms with Crippen LogP contribution in [0, 0.1) is 17.6 Å². The Morgan fingerprint density at radius 3 is 2.54 bits per heavy atom. The molecule has 0 bridgehead atoms. The molecule has 2 aromatic carbocycles. The van der Waals surface area contributed by atoms with Gasteiger partial charge in [-0.2, -0.15) is 5.10 Å². The van der Waals surface area contributed by atoms with Gasteiger partial charge in [0.15, 0.2) is 11.6 Å². The van der Waals surface area contributed by atoms with Crippen LogP contribution >= 0.6 is 0 Å². The first-order chi connectivity index (χ1) is 16.8. The Hall–Kier alpha value is -2.81. The zero-order chi connectivity index (χ0) is 24.9. The third-order valence-corrected chi connectivity index (χ3v) is 5.92. The molecule has 1 aromatic heterocycles. The Bertz CT molecular complexity index is 1120. The summed E-state index contributed by atoms with van der Waals surface area (Å²) < 4.78 is 41.1. The van der Waals surface area contributed by atoms with E-state index >= 15 is 0 Å². The fraction of sp³-hybridized carbons (Fsp3) is 0.444. The van der Waals surface area contributed by atoms with Crippen molar-refractivity contribution >= 4 is 0 Å². The van der Waals surface area contributed by atoms with Crippen LogP contribution in [0.3, 0.4) is 0 Å². The first kappa shape index (κ1) is 25.3. The minimum atomic E-state index is -0.783. The highest BCUT2D eigenvalue weighted by molar-refractivity contribution is 5.65. The molecule has 1 fully saturated rings. The van der Waals surface area contributed by atoms with Crippen molar-refractivity contribution in [1.29, 1.82) is 0 Å². The highest BCUT2D eigenvalue weighted by atomic mass is 19.1. The van der Waals surface area contributed by atoms with Gasteiger partial charge in [-0.3, -0.25) is 4.90 Å². The van der Waals surface area contributed by atoms with Gasteiger partial charge in [-0.1, -0.05) is 30.3 Å². The molecule has 0 aliphatic heterocycles. The summed E-state index contributed by atoms with van der Waals surface area (Å²) in [6.07, 6.45) is 1.72. The predicted molar refractivity (Wildman–Crippen MR) is 130 cm³/mol. The van der Waals surface area contributed by atoms with E-state index in [9.17, 15) is 13.9 Å². The summed E-state index contributed by atoms with van der Waals surface area (Å²) in [5.74, 6) is -0.561. The van der Waals surface area contributed by atoms with Gasteiger partial charge in [0.25, 0.3) is 0 Å². The van der Waals surface area contributed by atoms with E-state index < -0.39 is 17.7 Å². The number of rotatable bonds is 12. The molecule has 0 unspecified atom stereocenters. The molecule has 0 saturated heterocycles. The lowest BCUT2D eigenvalue weighted by atomic mass is 10.1. The number of aliphatic hydroxyl groups is 1. The molecule has 188 valence electrons. The van der Waals surface area contributed by atoms with Crippen LogP contribution in [0.2, 0.25) is 0 Å². The monoisotopic (exact) mass is 485 g/mol. The summed E-state index contributed by atoms with van der Waals surface area (Å²) in [5.41, 5.74) is 2.40. The Balaban J connectivity index is 1.66. The molecular weight excluding hydrogens is 452 g/mol. The zero-order valence-electron chi connectivity index (χ0n) is 20.5. The van der Waals surface area contributed by atoms with Crippen LogP contribution in [0.25, 0.3) is 11.3 Å². The first-order valence-electron chi connectivity index (χ1n) is 12.1. The van der Waals surface area contributed by atoms with Crippen LogP contribution < -0.4 is 4.74 Å². The van der Waals surface area contributed by atoms with Crippen molar-refractivity contribution in [2.75, 3.05) is 19.7 Å². The first-order valence-corrected chi connectivity index (χ1v) is 12.1. The summed E-state index contributed by atoms with van der Waals surface area (Å²) in [6, 6.07) is 13.0. The Morgan fingerprint density at radius 1 is 1.14 bits per heavy atom. The second-order valence-corrected chi connectivity index (χ2v) is 9.47. The van der Waals surface area contributed by atoms with Crippen molar-refractivity contribution in [3.63, 3.8) is 0 Å². The number of aromatic nitrogens is 2. The van der Waals surface area contributed by atoms with Gasteiger partial charge in [-0.05, 0) is 44.7 Å². The number of aliphatic hydroxyl groups excluding tert-OH is 1. The van der Waals surface area contributed by atoms with Crippen molar-refractivity contribution in [1.82, 2.24) is 14.7 Å². The third-order valence-electron chi connectivity index (χ3n) is 5.92. The van der Waals surface area contributed by atoms with Crippen molar-refractivity contribution < 1.29 is 23.4 Å². The summed E-state index contributed by atoms with van der Waals surface area (Å²) in [7, 11) is 1.74. The summed E-state index contributed by atoms with van der Waals surface area (Å²) >= 11 is 0. The molecule has 1 heterocycles. The van der Waals surface area contributed by atoms with Crippen LogP contribution in [0.1, 0.15) is 32.3 Å². The van der Waals surface area contributed by atoms with Crippen LogP contribution in [0.15, 0.2) is 48.5 Å². The van der Waals surface area contributed by atoms with E-state index in [0.717, 1.165) is 48.3 Å². The minimum Gasteiger partial charge on any atom is -0.436 e. The molecule has 0 spiro atoms. The third kappa shape index (κ3) is 6.87. The van der Waals surface area contributed by atoms with Gasteiger partial charge in [-0.25, -0.2) is 13.5 Å². The number of benzene rings is 2. The van der Waals surface area contributed by atoms with Crippen LogP contribution in [-0.4, -0.2) is 51.7 Å². The average Bonchev–Trinajstić information content (AvgIpc) is 3.58. The number of ether oxygens (including phenoxy) is 2. The summed E-state index contributed by atoms with van der Waals surface area (Å²) in [6.45, 7) is 5.83. The maximum atomic E-state index is 14.4. The topological polar surface area (TPSA) is 59.8 Å². The van der Waals surface area contributed by atoms with E-state index in [-0.39, 0.29) is 18.5 Å². The predicted octanol–water partition coefficient (Wildman–Crippen LogP) is 5.16. The second-order valence-electron chi connectivity index (χ2n) is 9.47. The van der Waals surface area contributed by atoms with Gasteiger partial charge in [-0.15, -0.1) is 0 Å². The highest BCUT2D eigenvalue weighted by Gasteiger charge is 2.29. The van der Waals surface area contributed by atoms with Gasteiger partial charge < -0.3 is 14.6 Å². The highest BCUT2D eigenvalue weighted by Crippen LogP contribution is 2.36. The minimum absolute atomic E-state index is 0.0372. The van der Waals surface area contributed by atoms with Crippen molar-refractivity contribution in [2.45, 2.75) is 45.4 Å². The fourth-order valence-electron chi connectivity index (χ4n) is 4.06. The van der Waals surface area contributed by atoms with Gasteiger partial charge in [0.2, 0.25) is 5.88 Å². The Labute approximate surface area is 205 Å². The van der Waals surface area contributed by atoms with Crippen LogP contribution in [0.4, 0.5) is 8.78 Å². The molecule has 1 aliphatic carbocycles. The smallest absolute Gasteiger partial charge is 0.222 e. The van der Waals surface area contributed by atoms with E-state index in [2.05, 4.69) is 4.90 Å². The molecule has 1 N–H and O–H groups in total. The molecule has 1 atom stereocenters. The van der Waals surface area contributed by atoms with Crippen molar-refractivity contribution in [3.8, 4) is 22.9 Å². The molecule has 1 aliphatic rings. The standard InChI is InChI=1S/C27H33F2N3O3/c1-18(2)34-17-22(33)15-32(14-19-9-10-19)16-23-26(20-7-5-4-6-8-20)30-31(3)27(23)35-25-12-11-21(28)13-24(25)29/h4-8,11-13,18-19,22,33H,9-10,14-17H2,1-3H3/t22-/m1/s1. The molecule has 6 nitrogen and oxygen atoms in total. The molecule has 8 heteroatoms. The lowest BCUT2D eigenvalue weighted by molar-refractivity contribution is -0.0101. The fourth-order valence-corrected chi connectivity index (χ4v) is 4.06. The van der Waals surface area contributed by atoms with E-state index in [1.165, 1.54) is 6.07 Å². The zero-order valence-corrected chi connectivity index (χ0v) is 20.5. The molecular formula is C27H33F2N3O3. The maximum absolute atomic E-state index is 14.4. The van der Waals surface area contributed by atoms with Crippen molar-refractivity contribution in [3.05, 3.63) is 65.7 Å². The molecule has 1 saturated carbocycles. The van der Waals surface area contributed by atoms with Crippen molar-refractivity contribution in [2.24, 2.45) is 13.0 Å². The quantitative estimate of drug-likeness (QED) is 0.384. The van der Waals surface area contributed by atoms with Gasteiger partial charge in [0, 0.05) is 38.3 Å². The number of halogens is 2. The summed E-state index contributed by atoms with van der Waals surface area (Å²) in [5, 5.41) is 15.3. The molecule has 0 amide bonds. The molecule has 4 rings (SSSR count). The lowest BCUT2D eigenvalue weighted by Crippen LogP contribution is -2.36. The Kier molecular flexibility index (Phi) is 8.15. The second kappa shape index (κ2) is 11.3. The molecule has 3 aromatic rings. The summed E-state index contributed by atoms with van der Waals surface area (Å²) in [4.78, 5) is 2.18. The number of nitrogens with zero attached hydrogens (tertiary/aromatic N) is 3. The van der Waals surface area contributed by atoms with E-state index in [4.69, 9.17) is 14.6 Å². The van der Waals surface area contributed by atoms with Gasteiger partial charge in [0.05, 0.1) is 24.4 Å². The molecule has 35 heavy (non-hydrogen) atoms. The van der Waals surface area contributed by atoms with Crippen LogP contribution in [0.5, 0.6) is 11.6 Å². The van der Waals surface area contributed by atoms with Crippen LogP contribution in [-0.2, 0) is 18.3 Å².